The monoisotopic (exact) mass is 187 g/mol. The molecule has 0 N–H and O–H groups in total. The third-order valence-electron chi connectivity index (χ3n) is 0.144. The first kappa shape index (κ1) is 5.31. The van der Waals surface area contributed by atoms with E-state index in [1.165, 1.54) is 0 Å². The Labute approximate surface area is 53.4 Å². The SMILES string of the molecule is CC[O][Nd]. The normalized spacial score (nSPS) is 7.00. The van der Waals surface area contributed by atoms with Crippen LogP contribution in [0.3, 0.4) is 0 Å². The van der Waals surface area contributed by atoms with Gasteiger partial charge in [-0.05, 0) is 0 Å². The van der Waals surface area contributed by atoms with E-state index in [9.17, 15) is 0 Å². The molecule has 4 heavy (non-hydrogen) atoms. The van der Waals surface area contributed by atoms with Crippen molar-refractivity contribution in [1.82, 2.24) is 0 Å². The van der Waals surface area contributed by atoms with E-state index in [0.29, 0.717) is 0 Å². The van der Waals surface area contributed by atoms with Gasteiger partial charge in [0.25, 0.3) is 0 Å². The van der Waals surface area contributed by atoms with Crippen LogP contribution in [0, 0.1) is 39.4 Å². The Bertz CT molecular complexity index is 8.00. The van der Waals surface area contributed by atoms with Crippen LogP contribution >= 0.6 is 0 Å². The molecule has 0 aliphatic rings. The molecule has 0 aliphatic carbocycles. The van der Waals surface area contributed by atoms with Crippen LogP contribution in [-0.2, 0) is 1.06 Å². The molecule has 0 aromatic rings. The molecule has 0 aliphatic heterocycles. The molecule has 0 radical (unpaired) electrons. The molecule has 0 spiro atoms. The zero-order valence-electron chi connectivity index (χ0n) is 2.62. The number of rotatable bonds is 1. The molecule has 0 unspecified atom stereocenters. The zero-order valence-corrected chi connectivity index (χ0v) is 5.82. The van der Waals surface area contributed by atoms with Crippen LogP contribution in [-0.4, -0.2) is 6.61 Å². The van der Waals surface area contributed by atoms with Crippen molar-refractivity contribution in [3.63, 3.8) is 0 Å². The molecule has 2 heteroatoms. The minimum absolute atomic E-state index is 0.881. The number of hydrogen-bond acceptors (Lipinski definition) is 1. The van der Waals surface area contributed by atoms with Gasteiger partial charge in [-0.1, -0.05) is 0 Å². The van der Waals surface area contributed by atoms with Crippen molar-refractivity contribution in [2.75, 3.05) is 6.61 Å². The molecule has 0 saturated carbocycles. The van der Waals surface area contributed by atoms with Gasteiger partial charge < -0.3 is 0 Å². The van der Waals surface area contributed by atoms with Gasteiger partial charge in [-0.2, -0.15) is 0 Å². The zero-order chi connectivity index (χ0) is 3.41. The average Bonchev–Trinajstić information content (AvgIpc) is 1.37. The summed E-state index contributed by atoms with van der Waals surface area (Å²) >= 11 is 0.890. The van der Waals surface area contributed by atoms with E-state index in [4.69, 9.17) is 0 Å². The first-order valence-electron chi connectivity index (χ1n) is 1.20. The molecule has 1 nitrogen and oxygen atoms in total. The summed E-state index contributed by atoms with van der Waals surface area (Å²) in [7, 11) is 0. The van der Waals surface area contributed by atoms with E-state index >= 15 is 0 Å². The van der Waals surface area contributed by atoms with Gasteiger partial charge in [-0.25, -0.2) is 0 Å². The fraction of sp³-hybridized carbons (Fsp3) is 1.00. The van der Waals surface area contributed by atoms with Crippen molar-refractivity contribution in [3.05, 3.63) is 0 Å². The molecular weight excluding hydrogens is 184 g/mol. The van der Waals surface area contributed by atoms with Gasteiger partial charge in [0.1, 0.15) is 0 Å². The van der Waals surface area contributed by atoms with Crippen LogP contribution in [0.2, 0.25) is 0 Å². The third kappa shape index (κ3) is 3.31. The molecule has 0 amide bonds. The van der Waals surface area contributed by atoms with Crippen LogP contribution in [0.1, 0.15) is 6.92 Å². The Hall–Kier alpha value is 1.31. The second-order valence-electron chi connectivity index (χ2n) is 0.433. The van der Waals surface area contributed by atoms with E-state index in [2.05, 4.69) is 1.06 Å². The van der Waals surface area contributed by atoms with Crippen molar-refractivity contribution in [1.29, 1.82) is 0 Å². The Morgan fingerprint density at radius 3 is 2.25 bits per heavy atom. The van der Waals surface area contributed by atoms with E-state index in [0.717, 1.165) is 46.0 Å². The standard InChI is InChI=1S/C2H5O.Nd/c1-2-3;/h2H2,1H3;/q-1;+1. The van der Waals surface area contributed by atoms with Gasteiger partial charge in [0, 0.05) is 0 Å². The summed E-state index contributed by atoms with van der Waals surface area (Å²) in [5.41, 5.74) is 0. The minimum atomic E-state index is 0.881. The second-order valence-corrected chi connectivity index (χ2v) is 1.36. The first-order chi connectivity index (χ1) is 1.91. The molecular formula is C2H5NdO. The molecule has 0 aromatic heterocycles. The molecule has 23 valence electrons. The topological polar surface area (TPSA) is 9.23 Å². The Kier molecular flexibility index (Phi) is 5.72. The quantitative estimate of drug-likeness (QED) is 0.583. The summed E-state index contributed by atoms with van der Waals surface area (Å²) in [6.07, 6.45) is 0. The van der Waals surface area contributed by atoms with Crippen LogP contribution in [0.15, 0.2) is 0 Å². The summed E-state index contributed by atoms with van der Waals surface area (Å²) in [4.78, 5) is 0. The molecule has 0 bridgehead atoms. The van der Waals surface area contributed by atoms with Crippen molar-refractivity contribution in [2.24, 2.45) is 0 Å². The van der Waals surface area contributed by atoms with E-state index < -0.39 is 0 Å². The van der Waals surface area contributed by atoms with Gasteiger partial charge in [0.05, 0.1) is 0 Å². The Balaban J connectivity index is 1.97. The summed E-state index contributed by atoms with van der Waals surface area (Å²) in [6, 6.07) is 0. The van der Waals surface area contributed by atoms with Crippen molar-refractivity contribution in [2.45, 2.75) is 6.92 Å². The average molecular weight is 189 g/mol. The maximum absolute atomic E-state index is 4.68. The van der Waals surface area contributed by atoms with Gasteiger partial charge in [0.15, 0.2) is 0 Å². The molecule has 0 aromatic carbocycles. The molecule has 0 rings (SSSR count). The summed E-state index contributed by atoms with van der Waals surface area (Å²) in [6.45, 7) is 2.87. The third-order valence-corrected chi connectivity index (χ3v) is 1.07. The summed E-state index contributed by atoms with van der Waals surface area (Å²) < 4.78 is 4.68. The summed E-state index contributed by atoms with van der Waals surface area (Å²) in [5, 5.41) is 0. The van der Waals surface area contributed by atoms with E-state index in [1.807, 2.05) is 6.92 Å². The fourth-order valence-electron chi connectivity index (χ4n) is 0. The second kappa shape index (κ2) is 4.31. The van der Waals surface area contributed by atoms with Gasteiger partial charge in [-0.15, -0.1) is 0 Å². The van der Waals surface area contributed by atoms with Crippen molar-refractivity contribution >= 4 is 0 Å². The fourth-order valence-corrected chi connectivity index (χ4v) is 0. The van der Waals surface area contributed by atoms with Crippen LogP contribution in [0.4, 0.5) is 0 Å². The van der Waals surface area contributed by atoms with Gasteiger partial charge in [0.2, 0.25) is 0 Å². The molecule has 0 fully saturated rings. The molecule has 0 atom stereocenters. The Morgan fingerprint density at radius 2 is 2.25 bits per heavy atom. The van der Waals surface area contributed by atoms with Crippen LogP contribution < -0.4 is 0 Å². The number of hydrogen-bond donors (Lipinski definition) is 0. The van der Waals surface area contributed by atoms with Gasteiger partial charge in [-0.3, -0.25) is 0 Å². The van der Waals surface area contributed by atoms with Crippen molar-refractivity contribution in [3.8, 4) is 0 Å². The maximum atomic E-state index is 4.68. The van der Waals surface area contributed by atoms with Crippen molar-refractivity contribution < 1.29 is 40.4 Å². The van der Waals surface area contributed by atoms with Crippen LogP contribution in [0.5, 0.6) is 0 Å². The predicted molar refractivity (Wildman–Crippen MR) is 11.6 cm³/mol. The molecule has 0 heterocycles. The summed E-state index contributed by atoms with van der Waals surface area (Å²) in [5.74, 6) is 0. The first-order valence-corrected chi connectivity index (χ1v) is 2.51. The Morgan fingerprint density at radius 1 is 2.00 bits per heavy atom. The molecule has 0 saturated heterocycles. The van der Waals surface area contributed by atoms with E-state index in [1.54, 1.807) is 0 Å². The van der Waals surface area contributed by atoms with Crippen LogP contribution in [0.25, 0.3) is 0 Å². The van der Waals surface area contributed by atoms with Gasteiger partial charge >= 0.3 is 54.0 Å². The predicted octanol–water partition coefficient (Wildman–Crippen LogP) is 0.487. The van der Waals surface area contributed by atoms with E-state index in [-0.39, 0.29) is 0 Å².